The molecule has 2 aliphatic rings. The van der Waals surface area contributed by atoms with E-state index in [0.29, 0.717) is 6.67 Å². The zero-order valence-electron chi connectivity index (χ0n) is 11.1. The molecule has 0 aromatic rings. The van der Waals surface area contributed by atoms with Gasteiger partial charge in [0.25, 0.3) is 0 Å². The van der Waals surface area contributed by atoms with Gasteiger partial charge in [-0.25, -0.2) is 20.2 Å². The summed E-state index contributed by atoms with van der Waals surface area (Å²) in [6.07, 6.45) is 1.74. The number of carbonyl (C=O) groups is 2. The van der Waals surface area contributed by atoms with E-state index in [0.717, 1.165) is 19.4 Å². The standard InChI is InChI=1S/C9H16N4O2.C2H6/c1-7(14)8-4-3-5-11-6-12(10-2)9(15)13(8)11;1-2/h8,10H,3-6H2,1-2H3;1-2H3. The number of fused-ring (bicyclic) bond motifs is 1. The molecule has 0 saturated carbocycles. The molecule has 0 spiro atoms. The van der Waals surface area contributed by atoms with Crippen molar-refractivity contribution in [2.24, 2.45) is 0 Å². The minimum Gasteiger partial charge on any atom is -0.298 e. The van der Waals surface area contributed by atoms with Gasteiger partial charge in [-0.05, 0) is 19.8 Å². The topological polar surface area (TPSA) is 55.9 Å². The van der Waals surface area contributed by atoms with Crippen molar-refractivity contribution < 1.29 is 9.59 Å². The van der Waals surface area contributed by atoms with E-state index in [2.05, 4.69) is 5.43 Å². The Balaban J connectivity index is 0.000000686. The number of ketones is 1. The maximum Gasteiger partial charge on any atom is 0.350 e. The summed E-state index contributed by atoms with van der Waals surface area (Å²) in [6, 6.07) is -0.401. The molecule has 2 amide bonds. The molecule has 2 heterocycles. The monoisotopic (exact) mass is 242 g/mol. The van der Waals surface area contributed by atoms with Crippen LogP contribution in [0.25, 0.3) is 0 Å². The van der Waals surface area contributed by atoms with Gasteiger partial charge in [-0.15, -0.1) is 0 Å². The Bertz CT molecular complexity index is 295. The molecule has 0 bridgehead atoms. The number of nitrogens with zero attached hydrogens (tertiary/aromatic N) is 3. The number of rotatable bonds is 2. The number of urea groups is 1. The highest BCUT2D eigenvalue weighted by Crippen LogP contribution is 2.24. The number of hydrogen-bond acceptors (Lipinski definition) is 4. The van der Waals surface area contributed by atoms with Gasteiger partial charge in [-0.2, -0.15) is 5.01 Å². The number of nitrogens with one attached hydrogen (secondary N) is 1. The molecule has 6 heteroatoms. The highest BCUT2D eigenvalue weighted by Gasteiger charge is 2.43. The van der Waals surface area contributed by atoms with Gasteiger partial charge in [0.15, 0.2) is 5.78 Å². The van der Waals surface area contributed by atoms with E-state index < -0.39 is 0 Å². The van der Waals surface area contributed by atoms with Crippen molar-refractivity contribution in [2.45, 2.75) is 39.7 Å². The summed E-state index contributed by atoms with van der Waals surface area (Å²) in [4.78, 5) is 23.3. The van der Waals surface area contributed by atoms with Crippen LogP contribution < -0.4 is 5.43 Å². The molecule has 1 unspecified atom stereocenters. The van der Waals surface area contributed by atoms with Crippen LogP contribution in [-0.2, 0) is 4.79 Å². The largest absolute Gasteiger partial charge is 0.350 e. The van der Waals surface area contributed by atoms with Crippen LogP contribution in [0.3, 0.4) is 0 Å². The molecule has 17 heavy (non-hydrogen) atoms. The third-order valence-corrected chi connectivity index (χ3v) is 2.96. The average molecular weight is 242 g/mol. The van der Waals surface area contributed by atoms with Gasteiger partial charge in [0.2, 0.25) is 0 Å². The zero-order valence-corrected chi connectivity index (χ0v) is 11.1. The predicted molar refractivity (Wildman–Crippen MR) is 64.8 cm³/mol. The van der Waals surface area contributed by atoms with E-state index in [1.165, 1.54) is 5.01 Å². The van der Waals surface area contributed by atoms with Gasteiger partial charge in [-0.1, -0.05) is 13.8 Å². The van der Waals surface area contributed by atoms with Crippen LogP contribution in [0.5, 0.6) is 0 Å². The van der Waals surface area contributed by atoms with E-state index in [-0.39, 0.29) is 17.9 Å². The van der Waals surface area contributed by atoms with Crippen molar-refractivity contribution >= 4 is 11.8 Å². The summed E-state index contributed by atoms with van der Waals surface area (Å²) >= 11 is 0. The molecule has 1 atom stereocenters. The number of hydrogen-bond donors (Lipinski definition) is 1. The summed E-state index contributed by atoms with van der Waals surface area (Å²) in [6.45, 7) is 6.91. The summed E-state index contributed by atoms with van der Waals surface area (Å²) in [5.41, 5.74) is 2.82. The first-order valence-corrected chi connectivity index (χ1v) is 6.18. The minimum atomic E-state index is -0.274. The van der Waals surface area contributed by atoms with Crippen LogP contribution in [0, 0.1) is 0 Å². The summed E-state index contributed by atoms with van der Waals surface area (Å²) in [5, 5.41) is 5.03. The Kier molecular flexibility index (Phi) is 4.89. The lowest BCUT2D eigenvalue weighted by molar-refractivity contribution is -0.128. The molecule has 1 N–H and O–H groups in total. The van der Waals surface area contributed by atoms with Gasteiger partial charge >= 0.3 is 6.03 Å². The van der Waals surface area contributed by atoms with Crippen molar-refractivity contribution in [1.29, 1.82) is 0 Å². The second-order valence-corrected chi connectivity index (χ2v) is 3.92. The summed E-state index contributed by atoms with van der Waals surface area (Å²) < 4.78 is 0. The smallest absolute Gasteiger partial charge is 0.298 e. The summed E-state index contributed by atoms with van der Waals surface area (Å²) in [5.74, 6) is 0.0611. The normalized spacial score (nSPS) is 24.2. The van der Waals surface area contributed by atoms with Crippen LogP contribution in [-0.4, -0.2) is 53.1 Å². The third-order valence-electron chi connectivity index (χ3n) is 2.96. The van der Waals surface area contributed by atoms with Crippen LogP contribution >= 0.6 is 0 Å². The molecule has 6 nitrogen and oxygen atoms in total. The first-order chi connectivity index (χ1) is 8.15. The maximum absolute atomic E-state index is 11.9. The lowest BCUT2D eigenvalue weighted by Crippen LogP contribution is -2.53. The van der Waals surface area contributed by atoms with Crippen LogP contribution in [0.15, 0.2) is 0 Å². The highest BCUT2D eigenvalue weighted by atomic mass is 16.2. The number of amides is 2. The van der Waals surface area contributed by atoms with E-state index in [9.17, 15) is 9.59 Å². The molecule has 2 fully saturated rings. The lowest BCUT2D eigenvalue weighted by atomic mass is 10.1. The predicted octanol–water partition coefficient (Wildman–Crippen LogP) is 0.811. The molecule has 2 aliphatic heterocycles. The second kappa shape index (κ2) is 5.97. The van der Waals surface area contributed by atoms with Crippen LogP contribution in [0.1, 0.15) is 33.6 Å². The number of Topliss-reactive ketones (excluding diaryl/α,β-unsaturated/α-hetero) is 1. The highest BCUT2D eigenvalue weighted by molar-refractivity contribution is 5.87. The number of carbonyl (C=O) groups excluding carboxylic acids is 2. The van der Waals surface area contributed by atoms with Crippen LogP contribution in [0.2, 0.25) is 0 Å². The molecule has 2 saturated heterocycles. The molecule has 0 aromatic carbocycles. The van der Waals surface area contributed by atoms with Crippen molar-refractivity contribution in [2.75, 3.05) is 20.3 Å². The number of hydrazine groups is 2. The Labute approximate surface area is 102 Å². The van der Waals surface area contributed by atoms with Gasteiger partial charge in [0.05, 0.1) is 0 Å². The second-order valence-electron chi connectivity index (χ2n) is 3.92. The van der Waals surface area contributed by atoms with E-state index in [1.54, 1.807) is 19.0 Å². The first kappa shape index (κ1) is 13.9. The molecule has 0 aromatic heterocycles. The maximum atomic E-state index is 11.9. The van der Waals surface area contributed by atoms with Crippen molar-refractivity contribution in [1.82, 2.24) is 20.5 Å². The fourth-order valence-electron chi connectivity index (χ4n) is 2.18. The molecule has 0 radical (unpaired) electrons. The molecule has 98 valence electrons. The third kappa shape index (κ3) is 2.58. The van der Waals surface area contributed by atoms with E-state index in [4.69, 9.17) is 0 Å². The SMILES string of the molecule is CC.CNN1CN2CCCC(C(C)=O)N2C1=O. The Morgan fingerprint density at radius 1 is 1.41 bits per heavy atom. The van der Waals surface area contributed by atoms with E-state index in [1.807, 2.05) is 18.9 Å². The van der Waals surface area contributed by atoms with Gasteiger partial charge < -0.3 is 0 Å². The first-order valence-electron chi connectivity index (χ1n) is 6.18. The lowest BCUT2D eigenvalue weighted by Gasteiger charge is -2.36. The molecule has 0 aliphatic carbocycles. The molecular weight excluding hydrogens is 220 g/mol. The average Bonchev–Trinajstić information content (AvgIpc) is 2.68. The summed E-state index contributed by atoms with van der Waals surface area (Å²) in [7, 11) is 1.71. The zero-order chi connectivity index (χ0) is 13.0. The van der Waals surface area contributed by atoms with Crippen molar-refractivity contribution in [3.63, 3.8) is 0 Å². The molecule has 2 rings (SSSR count). The fraction of sp³-hybridized carbons (Fsp3) is 0.818. The Morgan fingerprint density at radius 2 is 2.06 bits per heavy atom. The Morgan fingerprint density at radius 3 is 2.59 bits per heavy atom. The van der Waals surface area contributed by atoms with Gasteiger partial charge in [0, 0.05) is 13.6 Å². The Hall–Kier alpha value is -1.14. The minimum absolute atomic E-state index is 0.0611. The van der Waals surface area contributed by atoms with E-state index >= 15 is 0 Å². The fourth-order valence-corrected chi connectivity index (χ4v) is 2.18. The quantitative estimate of drug-likeness (QED) is 0.778. The van der Waals surface area contributed by atoms with Crippen molar-refractivity contribution in [3.05, 3.63) is 0 Å². The van der Waals surface area contributed by atoms with Gasteiger partial charge in [0.1, 0.15) is 12.7 Å². The van der Waals surface area contributed by atoms with Crippen molar-refractivity contribution in [3.8, 4) is 0 Å². The molecular formula is C11H22N4O2. The van der Waals surface area contributed by atoms with Gasteiger partial charge in [-0.3, -0.25) is 4.79 Å². The van der Waals surface area contributed by atoms with Crippen LogP contribution in [0.4, 0.5) is 4.79 Å².